The normalized spacial score (nSPS) is 15.8. The minimum Gasteiger partial charge on any atom is -0.444 e. The molecule has 0 saturated heterocycles. The highest BCUT2D eigenvalue weighted by Crippen LogP contribution is 2.34. The molecule has 0 fully saturated rings. The summed E-state index contributed by atoms with van der Waals surface area (Å²) in [6.07, 6.45) is 0.356. The second-order valence-corrected chi connectivity index (χ2v) is 10.5. The van der Waals surface area contributed by atoms with Crippen molar-refractivity contribution in [3.8, 4) is 11.3 Å². The van der Waals surface area contributed by atoms with E-state index in [1.165, 1.54) is 12.1 Å². The Morgan fingerprint density at radius 3 is 2.53 bits per heavy atom. The molecule has 1 aromatic heterocycles. The van der Waals surface area contributed by atoms with Gasteiger partial charge in [-0.05, 0) is 79.6 Å². The van der Waals surface area contributed by atoms with E-state index in [1.54, 1.807) is 17.0 Å². The van der Waals surface area contributed by atoms with Crippen LogP contribution in [0.5, 0.6) is 0 Å². The molecule has 1 amide bonds. The SMILES string of the molecule is CC(C)(C)OC(=O)N1Cc2c(I)c(-c3ccc(F)cc3)nn2C(CCOCc2ccccc2)C1. The fourth-order valence-corrected chi connectivity index (χ4v) is 4.76. The molecule has 0 spiro atoms. The standard InChI is InChI=1S/C26H29FIN3O3/c1-26(2,3)34-25(32)30-15-21(13-14-33-17-18-7-5-4-6-8-18)31-22(16-30)23(28)24(29-31)19-9-11-20(27)12-10-19/h4-12,21H,13-17H2,1-3H3. The molecule has 2 heterocycles. The van der Waals surface area contributed by atoms with Crippen molar-refractivity contribution >= 4 is 28.7 Å². The zero-order valence-corrected chi connectivity index (χ0v) is 21.8. The van der Waals surface area contributed by atoms with Gasteiger partial charge in [0, 0.05) is 18.7 Å². The third-order valence-electron chi connectivity index (χ3n) is 5.54. The van der Waals surface area contributed by atoms with Gasteiger partial charge in [-0.2, -0.15) is 5.10 Å². The van der Waals surface area contributed by atoms with Crippen LogP contribution in [-0.4, -0.2) is 39.5 Å². The molecule has 0 aliphatic carbocycles. The van der Waals surface area contributed by atoms with Crippen LogP contribution in [0, 0.1) is 9.39 Å². The molecule has 34 heavy (non-hydrogen) atoms. The average Bonchev–Trinajstić information content (AvgIpc) is 3.13. The molecule has 180 valence electrons. The van der Waals surface area contributed by atoms with Gasteiger partial charge >= 0.3 is 6.09 Å². The van der Waals surface area contributed by atoms with Crippen molar-refractivity contribution in [1.82, 2.24) is 14.7 Å². The maximum Gasteiger partial charge on any atom is 0.410 e. The van der Waals surface area contributed by atoms with Gasteiger partial charge in [0.2, 0.25) is 0 Å². The van der Waals surface area contributed by atoms with Crippen LogP contribution in [0.3, 0.4) is 0 Å². The maximum absolute atomic E-state index is 13.5. The van der Waals surface area contributed by atoms with Gasteiger partial charge in [-0.1, -0.05) is 30.3 Å². The van der Waals surface area contributed by atoms with E-state index in [0.29, 0.717) is 32.7 Å². The van der Waals surface area contributed by atoms with E-state index in [2.05, 4.69) is 22.6 Å². The predicted molar refractivity (Wildman–Crippen MR) is 137 cm³/mol. The van der Waals surface area contributed by atoms with Crippen LogP contribution in [0.2, 0.25) is 0 Å². The number of rotatable bonds is 6. The van der Waals surface area contributed by atoms with Crippen molar-refractivity contribution in [1.29, 1.82) is 0 Å². The summed E-state index contributed by atoms with van der Waals surface area (Å²) >= 11 is 2.27. The van der Waals surface area contributed by atoms with Gasteiger partial charge in [-0.25, -0.2) is 9.18 Å². The Labute approximate surface area is 213 Å². The second kappa shape index (κ2) is 10.4. The molecule has 8 heteroatoms. The predicted octanol–water partition coefficient (Wildman–Crippen LogP) is 6.19. The highest BCUT2D eigenvalue weighted by atomic mass is 127. The first kappa shape index (κ1) is 24.7. The lowest BCUT2D eigenvalue weighted by Gasteiger charge is -2.35. The number of fused-ring (bicyclic) bond motifs is 1. The summed E-state index contributed by atoms with van der Waals surface area (Å²) in [5.74, 6) is -0.285. The third-order valence-corrected chi connectivity index (χ3v) is 6.67. The number of carbonyl (C=O) groups is 1. The third kappa shape index (κ3) is 5.96. The van der Waals surface area contributed by atoms with Crippen LogP contribution < -0.4 is 0 Å². The first-order chi connectivity index (χ1) is 16.2. The van der Waals surface area contributed by atoms with Crippen molar-refractivity contribution in [2.24, 2.45) is 0 Å². The van der Waals surface area contributed by atoms with E-state index in [-0.39, 0.29) is 18.0 Å². The number of amides is 1. The van der Waals surface area contributed by atoms with E-state index < -0.39 is 5.60 Å². The van der Waals surface area contributed by atoms with Crippen LogP contribution in [0.25, 0.3) is 11.3 Å². The molecule has 3 aromatic rings. The zero-order chi connectivity index (χ0) is 24.3. The number of ether oxygens (including phenoxy) is 2. The number of aromatic nitrogens is 2. The number of benzene rings is 2. The lowest BCUT2D eigenvalue weighted by atomic mass is 10.1. The van der Waals surface area contributed by atoms with E-state index in [4.69, 9.17) is 14.6 Å². The molecular formula is C26H29FIN3O3. The average molecular weight is 577 g/mol. The Hall–Kier alpha value is -2.46. The fraction of sp³-hybridized carbons (Fsp3) is 0.385. The molecule has 4 rings (SSSR count). The summed E-state index contributed by atoms with van der Waals surface area (Å²) in [6.45, 7) is 7.55. The number of hydrogen-bond acceptors (Lipinski definition) is 4. The monoisotopic (exact) mass is 577 g/mol. The molecule has 0 bridgehead atoms. The van der Waals surface area contributed by atoms with Crippen LogP contribution in [0.15, 0.2) is 54.6 Å². The van der Waals surface area contributed by atoms with Crippen LogP contribution in [-0.2, 0) is 22.6 Å². The minimum atomic E-state index is -0.574. The molecule has 1 atom stereocenters. The summed E-state index contributed by atoms with van der Waals surface area (Å²) in [5.41, 5.74) is 3.13. The topological polar surface area (TPSA) is 56.6 Å². The molecular weight excluding hydrogens is 548 g/mol. The van der Waals surface area contributed by atoms with Gasteiger partial charge in [0.25, 0.3) is 0 Å². The maximum atomic E-state index is 13.5. The highest BCUT2D eigenvalue weighted by molar-refractivity contribution is 14.1. The zero-order valence-electron chi connectivity index (χ0n) is 19.6. The molecule has 1 aliphatic rings. The van der Waals surface area contributed by atoms with Crippen molar-refractivity contribution < 1.29 is 18.7 Å². The minimum absolute atomic E-state index is 0.0604. The molecule has 0 N–H and O–H groups in total. The Morgan fingerprint density at radius 1 is 1.15 bits per heavy atom. The van der Waals surface area contributed by atoms with E-state index in [1.807, 2.05) is 55.8 Å². The number of carbonyl (C=O) groups excluding carboxylic acids is 1. The Bertz CT molecular complexity index is 1130. The quantitative estimate of drug-likeness (QED) is 0.259. The van der Waals surface area contributed by atoms with Gasteiger partial charge in [0.1, 0.15) is 17.1 Å². The van der Waals surface area contributed by atoms with Crippen molar-refractivity contribution in [3.05, 3.63) is 75.2 Å². The summed E-state index contributed by atoms with van der Waals surface area (Å²) in [4.78, 5) is 14.6. The van der Waals surface area contributed by atoms with Crippen molar-refractivity contribution in [2.45, 2.75) is 52.0 Å². The van der Waals surface area contributed by atoms with Crippen molar-refractivity contribution in [3.63, 3.8) is 0 Å². The smallest absolute Gasteiger partial charge is 0.410 e. The van der Waals surface area contributed by atoms with Gasteiger partial charge < -0.3 is 14.4 Å². The Balaban J connectivity index is 1.55. The molecule has 1 aliphatic heterocycles. The lowest BCUT2D eigenvalue weighted by molar-refractivity contribution is 0.0131. The van der Waals surface area contributed by atoms with Gasteiger partial charge in [-0.3, -0.25) is 4.68 Å². The van der Waals surface area contributed by atoms with Gasteiger partial charge in [0.15, 0.2) is 0 Å². The molecule has 6 nitrogen and oxygen atoms in total. The van der Waals surface area contributed by atoms with E-state index in [9.17, 15) is 9.18 Å². The van der Waals surface area contributed by atoms with Crippen LogP contribution >= 0.6 is 22.6 Å². The van der Waals surface area contributed by atoms with Crippen LogP contribution in [0.1, 0.15) is 44.5 Å². The highest BCUT2D eigenvalue weighted by Gasteiger charge is 2.34. The van der Waals surface area contributed by atoms with Crippen molar-refractivity contribution in [2.75, 3.05) is 13.2 Å². The van der Waals surface area contributed by atoms with E-state index in [0.717, 1.165) is 26.1 Å². The Morgan fingerprint density at radius 2 is 1.85 bits per heavy atom. The summed E-state index contributed by atoms with van der Waals surface area (Å²) < 4.78 is 28.0. The lowest BCUT2D eigenvalue weighted by Crippen LogP contribution is -2.44. The van der Waals surface area contributed by atoms with E-state index >= 15 is 0 Å². The summed E-state index contributed by atoms with van der Waals surface area (Å²) in [6, 6.07) is 16.3. The van der Waals surface area contributed by atoms with Gasteiger partial charge in [0.05, 0.1) is 28.5 Å². The molecule has 2 aromatic carbocycles. The first-order valence-electron chi connectivity index (χ1n) is 11.3. The van der Waals surface area contributed by atoms with Gasteiger partial charge in [-0.15, -0.1) is 0 Å². The molecule has 0 radical (unpaired) electrons. The number of hydrogen-bond donors (Lipinski definition) is 0. The fourth-order valence-electron chi connectivity index (χ4n) is 3.93. The number of halogens is 2. The van der Waals surface area contributed by atoms with Crippen LogP contribution in [0.4, 0.5) is 9.18 Å². The first-order valence-corrected chi connectivity index (χ1v) is 12.4. The second-order valence-electron chi connectivity index (χ2n) is 9.40. The number of nitrogens with zero attached hydrogens (tertiary/aromatic N) is 3. The molecule has 1 unspecified atom stereocenters. The Kier molecular flexibility index (Phi) is 7.57. The summed E-state index contributed by atoms with van der Waals surface area (Å²) in [7, 11) is 0. The summed E-state index contributed by atoms with van der Waals surface area (Å²) in [5, 5.41) is 4.89. The largest absolute Gasteiger partial charge is 0.444 e. The molecule has 0 saturated carbocycles.